The van der Waals surface area contributed by atoms with E-state index in [1.807, 2.05) is 30.6 Å². The normalized spacial score (nSPS) is 13.5. The van der Waals surface area contributed by atoms with Crippen LogP contribution in [-0.2, 0) is 4.79 Å². The minimum absolute atomic E-state index is 0.0342. The van der Waals surface area contributed by atoms with Crippen LogP contribution in [0.4, 0.5) is 0 Å². The van der Waals surface area contributed by atoms with E-state index in [9.17, 15) is 14.9 Å². The second-order valence-electron chi connectivity index (χ2n) is 5.28. The Morgan fingerprint density at radius 1 is 0.885 bits per heavy atom. The SMILES string of the molecule is CC/C=C/C/C=C/C/C=C/C=C/C=C(/C=C/C/C=C/CC[C]=O)[N+](=O)[O-]. The molecule has 0 aromatic rings. The standard InChI is InChI=1S/C22H28NO3/c1-2-3-4-5-6-7-8-9-10-13-16-19-22(23(25)26)20-17-14-11-12-15-18-21-24/h3-4,6-7,9-13,16-17,19-20H,2,5,8,14-15,18H2,1H3/b4-3+,7-6+,10-9+,12-11+,16-13+,20-17+,22-19-. The highest BCUT2D eigenvalue weighted by Crippen LogP contribution is 2.01. The van der Waals surface area contributed by atoms with Crippen LogP contribution in [-0.4, -0.2) is 11.2 Å². The van der Waals surface area contributed by atoms with Gasteiger partial charge >= 0.3 is 0 Å². The van der Waals surface area contributed by atoms with Gasteiger partial charge in [-0.3, -0.25) is 14.9 Å². The molecule has 0 aromatic carbocycles. The molecule has 0 aliphatic carbocycles. The van der Waals surface area contributed by atoms with Crippen molar-refractivity contribution in [3.05, 3.63) is 94.8 Å². The molecule has 0 N–H and O–H groups in total. The highest BCUT2D eigenvalue weighted by molar-refractivity contribution is 5.50. The van der Waals surface area contributed by atoms with Crippen LogP contribution in [0.1, 0.15) is 45.4 Å². The van der Waals surface area contributed by atoms with E-state index in [2.05, 4.69) is 31.2 Å². The highest BCUT2D eigenvalue weighted by Gasteiger charge is 2.02. The van der Waals surface area contributed by atoms with E-state index in [0.29, 0.717) is 19.3 Å². The number of carbonyl (C=O) groups excluding carboxylic acids is 1. The Labute approximate surface area is 156 Å². The molecule has 0 saturated heterocycles. The van der Waals surface area contributed by atoms with Crippen LogP contribution in [0.25, 0.3) is 0 Å². The van der Waals surface area contributed by atoms with Gasteiger partial charge in [0.1, 0.15) is 0 Å². The van der Waals surface area contributed by atoms with E-state index < -0.39 is 4.92 Å². The van der Waals surface area contributed by atoms with Crippen molar-refractivity contribution in [2.24, 2.45) is 0 Å². The molecule has 0 atom stereocenters. The van der Waals surface area contributed by atoms with E-state index in [4.69, 9.17) is 0 Å². The lowest BCUT2D eigenvalue weighted by molar-refractivity contribution is -0.419. The van der Waals surface area contributed by atoms with E-state index in [1.54, 1.807) is 18.2 Å². The fourth-order valence-electron chi connectivity index (χ4n) is 1.79. The summed E-state index contributed by atoms with van der Waals surface area (Å²) >= 11 is 0. The number of hydrogen-bond donors (Lipinski definition) is 0. The quantitative estimate of drug-likeness (QED) is 0.127. The molecule has 0 fully saturated rings. The van der Waals surface area contributed by atoms with E-state index in [1.165, 1.54) is 12.2 Å². The van der Waals surface area contributed by atoms with Crippen molar-refractivity contribution >= 4 is 6.29 Å². The molecule has 139 valence electrons. The Morgan fingerprint density at radius 3 is 2.23 bits per heavy atom. The van der Waals surface area contributed by atoms with Crippen molar-refractivity contribution in [2.75, 3.05) is 0 Å². The zero-order valence-electron chi connectivity index (χ0n) is 15.4. The molecular formula is C22H28NO3. The molecule has 4 heteroatoms. The summed E-state index contributed by atoms with van der Waals surface area (Å²) in [5.74, 6) is 0. The van der Waals surface area contributed by atoms with Gasteiger partial charge in [0.05, 0.1) is 4.92 Å². The molecule has 0 aliphatic rings. The van der Waals surface area contributed by atoms with Gasteiger partial charge in [-0.15, -0.1) is 0 Å². The first kappa shape index (κ1) is 23.2. The van der Waals surface area contributed by atoms with E-state index in [0.717, 1.165) is 19.3 Å². The van der Waals surface area contributed by atoms with Gasteiger partial charge in [0.25, 0.3) is 5.70 Å². The van der Waals surface area contributed by atoms with Gasteiger partial charge in [0.15, 0.2) is 6.29 Å². The third-order valence-electron chi connectivity index (χ3n) is 3.09. The third kappa shape index (κ3) is 16.1. The van der Waals surface area contributed by atoms with Crippen LogP contribution in [0.15, 0.2) is 84.7 Å². The zero-order chi connectivity index (χ0) is 19.3. The number of nitrogens with zero attached hydrogens (tertiary/aromatic N) is 1. The third-order valence-corrected chi connectivity index (χ3v) is 3.09. The van der Waals surface area contributed by atoms with Crippen LogP contribution >= 0.6 is 0 Å². The minimum atomic E-state index is -0.415. The molecule has 0 amide bonds. The number of rotatable bonds is 14. The van der Waals surface area contributed by atoms with Crippen molar-refractivity contribution in [3.63, 3.8) is 0 Å². The zero-order valence-corrected chi connectivity index (χ0v) is 15.4. The maximum atomic E-state index is 11.0. The summed E-state index contributed by atoms with van der Waals surface area (Å²) in [5, 5.41) is 11.0. The van der Waals surface area contributed by atoms with Crippen molar-refractivity contribution < 1.29 is 9.72 Å². The number of hydrogen-bond acceptors (Lipinski definition) is 3. The first-order valence-corrected chi connectivity index (χ1v) is 8.86. The predicted molar refractivity (Wildman–Crippen MR) is 109 cm³/mol. The maximum Gasteiger partial charge on any atom is 0.269 e. The smallest absolute Gasteiger partial charge is 0.269 e. The Hall–Kier alpha value is -2.75. The van der Waals surface area contributed by atoms with Crippen LogP contribution in [0.2, 0.25) is 0 Å². The lowest BCUT2D eigenvalue weighted by Gasteiger charge is -1.89. The van der Waals surface area contributed by atoms with E-state index in [-0.39, 0.29) is 5.70 Å². The second-order valence-corrected chi connectivity index (χ2v) is 5.28. The molecule has 0 unspecified atom stereocenters. The van der Waals surface area contributed by atoms with E-state index >= 15 is 0 Å². The maximum absolute atomic E-state index is 11.0. The Kier molecular flexibility index (Phi) is 16.6. The molecule has 0 saturated carbocycles. The van der Waals surface area contributed by atoms with Crippen molar-refractivity contribution in [1.82, 2.24) is 0 Å². The monoisotopic (exact) mass is 354 g/mol. The van der Waals surface area contributed by atoms with Crippen LogP contribution < -0.4 is 0 Å². The molecule has 1 radical (unpaired) electrons. The molecule has 0 rings (SSSR count). The first-order chi connectivity index (χ1) is 12.7. The largest absolute Gasteiger partial charge is 0.291 e. The van der Waals surface area contributed by atoms with Gasteiger partial charge in [-0.1, -0.05) is 73.8 Å². The summed E-state index contributed by atoms with van der Waals surface area (Å²) in [6.07, 6.45) is 30.5. The van der Waals surface area contributed by atoms with Gasteiger partial charge < -0.3 is 0 Å². The predicted octanol–water partition coefficient (Wildman–Crippen LogP) is 5.95. The molecule has 0 bridgehead atoms. The number of nitro groups is 1. The number of allylic oxidation sites excluding steroid dienone is 13. The van der Waals surface area contributed by atoms with Gasteiger partial charge in [0, 0.05) is 18.6 Å². The Bertz CT molecular complexity index is 591. The lowest BCUT2D eigenvalue weighted by atomic mass is 10.2. The summed E-state index contributed by atoms with van der Waals surface area (Å²) < 4.78 is 0. The molecule has 0 aliphatic heterocycles. The second kappa shape index (κ2) is 18.6. The highest BCUT2D eigenvalue weighted by atomic mass is 16.6. The van der Waals surface area contributed by atoms with Gasteiger partial charge in [-0.25, -0.2) is 0 Å². The van der Waals surface area contributed by atoms with Crippen LogP contribution in [0.5, 0.6) is 0 Å². The minimum Gasteiger partial charge on any atom is -0.291 e. The summed E-state index contributed by atoms with van der Waals surface area (Å²) in [6, 6.07) is 0. The van der Waals surface area contributed by atoms with Gasteiger partial charge in [-0.2, -0.15) is 0 Å². The van der Waals surface area contributed by atoms with Gasteiger partial charge in [0.2, 0.25) is 0 Å². The first-order valence-electron chi connectivity index (χ1n) is 8.86. The Balaban J connectivity index is 4.26. The average molecular weight is 354 g/mol. The van der Waals surface area contributed by atoms with Crippen molar-refractivity contribution in [1.29, 1.82) is 0 Å². The van der Waals surface area contributed by atoms with Crippen molar-refractivity contribution in [2.45, 2.75) is 45.4 Å². The molecule has 0 spiro atoms. The lowest BCUT2D eigenvalue weighted by Crippen LogP contribution is -1.94. The summed E-state index contributed by atoms with van der Waals surface area (Å²) in [6.45, 7) is 2.11. The summed E-state index contributed by atoms with van der Waals surface area (Å²) in [5.41, 5.74) is 0.0342. The Morgan fingerprint density at radius 2 is 1.54 bits per heavy atom. The molecule has 26 heavy (non-hydrogen) atoms. The topological polar surface area (TPSA) is 60.2 Å². The summed E-state index contributed by atoms with van der Waals surface area (Å²) in [4.78, 5) is 20.6. The van der Waals surface area contributed by atoms with Crippen LogP contribution in [0, 0.1) is 10.1 Å². The molecule has 0 heterocycles. The average Bonchev–Trinajstić information content (AvgIpc) is 2.63. The van der Waals surface area contributed by atoms with Crippen molar-refractivity contribution in [3.8, 4) is 0 Å². The van der Waals surface area contributed by atoms with Gasteiger partial charge in [-0.05, 0) is 32.1 Å². The fourth-order valence-corrected chi connectivity index (χ4v) is 1.79. The summed E-state index contributed by atoms with van der Waals surface area (Å²) in [7, 11) is 0. The molecular weight excluding hydrogens is 326 g/mol. The van der Waals surface area contributed by atoms with Crippen LogP contribution in [0.3, 0.4) is 0 Å². The molecule has 0 aromatic heterocycles. The fraction of sp³-hybridized carbons (Fsp3) is 0.318. The number of unbranched alkanes of at least 4 members (excludes halogenated alkanes) is 1. The molecule has 4 nitrogen and oxygen atoms in total.